The van der Waals surface area contributed by atoms with Gasteiger partial charge < -0.3 is 4.74 Å². The molecule has 0 fully saturated rings. The molecule has 0 atom stereocenters. The highest BCUT2D eigenvalue weighted by atomic mass is 16.5. The average Bonchev–Trinajstić information content (AvgIpc) is 2.72. The molecule has 27 heavy (non-hydrogen) atoms. The van der Waals surface area contributed by atoms with E-state index in [4.69, 9.17) is 4.74 Å². The molecule has 0 saturated heterocycles. The lowest BCUT2D eigenvalue weighted by molar-refractivity contribution is -0.140. The molecular weight excluding hydrogens is 336 g/mol. The first kappa shape index (κ1) is 20.6. The Hall–Kier alpha value is -2.68. The van der Waals surface area contributed by atoms with E-state index in [9.17, 15) is 9.59 Å². The van der Waals surface area contributed by atoms with Crippen molar-refractivity contribution >= 4 is 17.3 Å². The third-order valence-corrected chi connectivity index (χ3v) is 4.41. The van der Waals surface area contributed by atoms with Crippen molar-refractivity contribution in [3.8, 4) is 0 Å². The molecule has 0 aliphatic heterocycles. The van der Waals surface area contributed by atoms with E-state index >= 15 is 0 Å². The van der Waals surface area contributed by atoms with Crippen molar-refractivity contribution in [3.63, 3.8) is 0 Å². The number of benzene rings is 2. The SMILES string of the molecule is CCCCCCOC(=O)C(C(=O)CC)=C(c1ccccc1)c1ccccc1. The van der Waals surface area contributed by atoms with Crippen LogP contribution in [0, 0.1) is 0 Å². The van der Waals surface area contributed by atoms with Crippen LogP contribution in [0.2, 0.25) is 0 Å². The number of carbonyl (C=O) groups is 2. The number of carbonyl (C=O) groups excluding carboxylic acids is 2. The highest BCUT2D eigenvalue weighted by Crippen LogP contribution is 2.28. The van der Waals surface area contributed by atoms with Crippen molar-refractivity contribution in [3.05, 3.63) is 77.4 Å². The molecule has 0 radical (unpaired) electrons. The molecule has 142 valence electrons. The number of ether oxygens (including phenoxy) is 1. The molecule has 0 aliphatic rings. The maximum atomic E-state index is 12.9. The summed E-state index contributed by atoms with van der Waals surface area (Å²) in [6.07, 6.45) is 4.34. The second-order valence-electron chi connectivity index (χ2n) is 6.46. The molecule has 3 heteroatoms. The number of unbranched alkanes of at least 4 members (excludes halogenated alkanes) is 3. The number of ketones is 1. The van der Waals surface area contributed by atoms with Crippen LogP contribution in [-0.2, 0) is 14.3 Å². The lowest BCUT2D eigenvalue weighted by Gasteiger charge is -2.15. The lowest BCUT2D eigenvalue weighted by Crippen LogP contribution is -2.18. The summed E-state index contributed by atoms with van der Waals surface area (Å²) in [5.74, 6) is -0.725. The third-order valence-electron chi connectivity index (χ3n) is 4.41. The van der Waals surface area contributed by atoms with Gasteiger partial charge in [0.25, 0.3) is 0 Å². The van der Waals surface area contributed by atoms with E-state index in [1.807, 2.05) is 60.7 Å². The Morgan fingerprint density at radius 2 is 1.33 bits per heavy atom. The molecule has 0 amide bonds. The monoisotopic (exact) mass is 364 g/mol. The number of rotatable bonds is 10. The smallest absolute Gasteiger partial charge is 0.342 e. The third kappa shape index (κ3) is 5.92. The molecule has 0 bridgehead atoms. The summed E-state index contributed by atoms with van der Waals surface area (Å²) >= 11 is 0. The van der Waals surface area contributed by atoms with Crippen molar-refractivity contribution in [2.75, 3.05) is 6.61 Å². The summed E-state index contributed by atoms with van der Waals surface area (Å²) in [5, 5.41) is 0. The van der Waals surface area contributed by atoms with Gasteiger partial charge in [-0.3, -0.25) is 4.79 Å². The molecule has 0 N–H and O–H groups in total. The molecule has 0 spiro atoms. The molecule has 0 heterocycles. The molecule has 0 aromatic heterocycles. The largest absolute Gasteiger partial charge is 0.462 e. The quantitative estimate of drug-likeness (QED) is 0.181. The van der Waals surface area contributed by atoms with Gasteiger partial charge in [-0.2, -0.15) is 0 Å². The number of hydrogen-bond donors (Lipinski definition) is 0. The summed E-state index contributed by atoms with van der Waals surface area (Å²) < 4.78 is 5.48. The van der Waals surface area contributed by atoms with Crippen molar-refractivity contribution in [2.24, 2.45) is 0 Å². The van der Waals surface area contributed by atoms with Crippen LogP contribution in [-0.4, -0.2) is 18.4 Å². The highest BCUT2D eigenvalue weighted by molar-refractivity contribution is 6.24. The van der Waals surface area contributed by atoms with Crippen LogP contribution < -0.4 is 0 Å². The molecule has 2 aromatic carbocycles. The van der Waals surface area contributed by atoms with Gasteiger partial charge in [-0.1, -0.05) is 93.8 Å². The van der Waals surface area contributed by atoms with Crippen molar-refractivity contribution in [1.82, 2.24) is 0 Å². The molecule has 2 aromatic rings. The van der Waals surface area contributed by atoms with Crippen molar-refractivity contribution < 1.29 is 14.3 Å². The summed E-state index contributed by atoms with van der Waals surface area (Å²) in [4.78, 5) is 25.6. The predicted octanol–water partition coefficient (Wildman–Crippen LogP) is 5.59. The van der Waals surface area contributed by atoms with Crippen LogP contribution in [0.1, 0.15) is 57.1 Å². The lowest BCUT2D eigenvalue weighted by atomic mass is 9.90. The van der Waals surface area contributed by atoms with Crippen LogP contribution >= 0.6 is 0 Å². The summed E-state index contributed by atoms with van der Waals surface area (Å²) in [6, 6.07) is 19.1. The second-order valence-corrected chi connectivity index (χ2v) is 6.46. The average molecular weight is 364 g/mol. The number of esters is 1. The Balaban J connectivity index is 2.44. The van der Waals surface area contributed by atoms with E-state index < -0.39 is 5.97 Å². The number of hydrogen-bond acceptors (Lipinski definition) is 3. The van der Waals surface area contributed by atoms with Gasteiger partial charge in [0.1, 0.15) is 5.57 Å². The molecular formula is C24H28O3. The zero-order valence-electron chi connectivity index (χ0n) is 16.2. The Morgan fingerprint density at radius 3 is 1.81 bits per heavy atom. The second kappa shape index (κ2) is 11.1. The summed E-state index contributed by atoms with van der Waals surface area (Å²) in [6.45, 7) is 4.25. The summed E-state index contributed by atoms with van der Waals surface area (Å²) in [5.41, 5.74) is 2.46. The van der Waals surface area contributed by atoms with Crippen molar-refractivity contribution in [2.45, 2.75) is 46.0 Å². The van der Waals surface area contributed by atoms with Gasteiger partial charge in [-0.15, -0.1) is 0 Å². The van der Waals surface area contributed by atoms with Crippen LogP contribution in [0.15, 0.2) is 66.2 Å². The van der Waals surface area contributed by atoms with Gasteiger partial charge in [0.2, 0.25) is 0 Å². The van der Waals surface area contributed by atoms with Crippen molar-refractivity contribution in [1.29, 1.82) is 0 Å². The van der Waals surface area contributed by atoms with Gasteiger partial charge in [0, 0.05) is 12.0 Å². The standard InChI is InChI=1S/C24H28O3/c1-3-5-6-13-18-27-24(26)23(21(25)4-2)22(19-14-9-7-10-15-19)20-16-11-8-12-17-20/h7-12,14-17H,3-6,13,18H2,1-2H3. The minimum atomic E-state index is -0.527. The zero-order chi connectivity index (χ0) is 19.5. The fourth-order valence-corrected chi connectivity index (χ4v) is 2.96. The molecule has 0 saturated carbocycles. The maximum Gasteiger partial charge on any atom is 0.342 e. The minimum Gasteiger partial charge on any atom is -0.462 e. The van der Waals surface area contributed by atoms with Gasteiger partial charge in [-0.25, -0.2) is 4.79 Å². The fourth-order valence-electron chi connectivity index (χ4n) is 2.96. The first-order valence-electron chi connectivity index (χ1n) is 9.74. The van der Waals surface area contributed by atoms with Gasteiger partial charge in [-0.05, 0) is 17.5 Å². The van der Waals surface area contributed by atoms with E-state index in [0.717, 1.165) is 36.8 Å². The Kier molecular flexibility index (Phi) is 8.50. The normalized spacial score (nSPS) is 10.3. The molecule has 3 nitrogen and oxygen atoms in total. The molecule has 0 unspecified atom stereocenters. The fraction of sp³-hybridized carbons (Fsp3) is 0.333. The Labute approximate surface area is 162 Å². The Bertz CT molecular complexity index is 719. The van der Waals surface area contributed by atoms with Crippen LogP contribution in [0.4, 0.5) is 0 Å². The summed E-state index contributed by atoms with van der Waals surface area (Å²) in [7, 11) is 0. The van der Waals surface area contributed by atoms with Crippen LogP contribution in [0.5, 0.6) is 0 Å². The first-order chi connectivity index (χ1) is 13.2. The Morgan fingerprint density at radius 1 is 0.778 bits per heavy atom. The van der Waals surface area contributed by atoms with Gasteiger partial charge >= 0.3 is 5.97 Å². The van der Waals surface area contributed by atoms with E-state index in [0.29, 0.717) is 12.2 Å². The number of Topliss-reactive ketones (excluding diaryl/α,β-unsaturated/α-hetero) is 1. The molecule has 2 rings (SSSR count). The zero-order valence-corrected chi connectivity index (χ0v) is 16.2. The van der Waals surface area contributed by atoms with Crippen LogP contribution in [0.25, 0.3) is 5.57 Å². The predicted molar refractivity (Wildman–Crippen MR) is 109 cm³/mol. The van der Waals surface area contributed by atoms with E-state index in [1.165, 1.54) is 0 Å². The van der Waals surface area contributed by atoms with E-state index in [1.54, 1.807) is 6.92 Å². The topological polar surface area (TPSA) is 43.4 Å². The van der Waals surface area contributed by atoms with E-state index in [-0.39, 0.29) is 17.8 Å². The maximum absolute atomic E-state index is 12.9. The van der Waals surface area contributed by atoms with Gasteiger partial charge in [0.15, 0.2) is 5.78 Å². The van der Waals surface area contributed by atoms with Crippen LogP contribution in [0.3, 0.4) is 0 Å². The molecule has 0 aliphatic carbocycles. The first-order valence-corrected chi connectivity index (χ1v) is 9.74. The minimum absolute atomic E-state index is 0.144. The highest BCUT2D eigenvalue weighted by Gasteiger charge is 2.25. The van der Waals surface area contributed by atoms with Gasteiger partial charge in [0.05, 0.1) is 6.61 Å². The van der Waals surface area contributed by atoms with E-state index in [2.05, 4.69) is 6.92 Å².